The first kappa shape index (κ1) is 11.7. The lowest BCUT2D eigenvalue weighted by molar-refractivity contribution is 0.0375. The van der Waals surface area contributed by atoms with Crippen molar-refractivity contribution in [3.05, 3.63) is 22.4 Å². The lowest BCUT2D eigenvalue weighted by Gasteiger charge is -2.16. The zero-order valence-electron chi connectivity index (χ0n) is 8.95. The number of likely N-dealkylation sites (N-methyl/N-ethyl adjacent to an activating group) is 1. The highest BCUT2D eigenvalue weighted by atomic mass is 32.1. The molecule has 0 radical (unpaired) electrons. The summed E-state index contributed by atoms with van der Waals surface area (Å²) in [6, 6.07) is 4.18. The third kappa shape index (κ3) is 4.22. The monoisotopic (exact) mass is 213 g/mol. The van der Waals surface area contributed by atoms with Crippen LogP contribution in [0.25, 0.3) is 0 Å². The third-order valence-corrected chi connectivity index (χ3v) is 2.93. The Morgan fingerprint density at radius 3 is 3.00 bits per heavy atom. The van der Waals surface area contributed by atoms with E-state index in [1.807, 2.05) is 7.05 Å². The van der Waals surface area contributed by atoms with E-state index in [0.717, 1.165) is 19.6 Å². The number of ether oxygens (including phenoxy) is 1. The molecule has 0 saturated carbocycles. The standard InChI is InChI=1S/C11H19NOS/c1-3-5-10(8-12-2)13-9-11-6-4-7-14-11/h4,6-7,10,12H,3,5,8-9H2,1-2H3. The van der Waals surface area contributed by atoms with Crippen LogP contribution in [0.1, 0.15) is 24.6 Å². The molecule has 1 unspecified atom stereocenters. The van der Waals surface area contributed by atoms with Crippen LogP contribution in [0, 0.1) is 0 Å². The molecule has 0 aromatic carbocycles. The number of nitrogens with one attached hydrogen (secondary N) is 1. The Bertz CT molecular complexity index is 217. The molecule has 0 amide bonds. The fraction of sp³-hybridized carbons (Fsp3) is 0.636. The molecule has 0 aliphatic carbocycles. The van der Waals surface area contributed by atoms with Crippen molar-refractivity contribution < 1.29 is 4.74 Å². The number of hydrogen-bond donors (Lipinski definition) is 1. The van der Waals surface area contributed by atoms with Crippen LogP contribution < -0.4 is 5.32 Å². The zero-order valence-corrected chi connectivity index (χ0v) is 9.77. The lowest BCUT2D eigenvalue weighted by atomic mass is 10.2. The van der Waals surface area contributed by atoms with Gasteiger partial charge in [0.05, 0.1) is 12.7 Å². The molecule has 80 valence electrons. The van der Waals surface area contributed by atoms with Gasteiger partial charge < -0.3 is 10.1 Å². The molecule has 1 heterocycles. The third-order valence-electron chi connectivity index (χ3n) is 2.08. The van der Waals surface area contributed by atoms with Gasteiger partial charge in [0, 0.05) is 11.4 Å². The molecule has 1 aromatic heterocycles. The summed E-state index contributed by atoms with van der Waals surface area (Å²) in [5, 5.41) is 5.25. The molecule has 2 nitrogen and oxygen atoms in total. The van der Waals surface area contributed by atoms with Gasteiger partial charge in [-0.05, 0) is 24.9 Å². The second-order valence-electron chi connectivity index (χ2n) is 3.36. The highest BCUT2D eigenvalue weighted by Gasteiger charge is 2.06. The largest absolute Gasteiger partial charge is 0.371 e. The van der Waals surface area contributed by atoms with Crippen LogP contribution >= 0.6 is 11.3 Å². The lowest BCUT2D eigenvalue weighted by Crippen LogP contribution is -2.26. The number of rotatable bonds is 7. The number of thiophene rings is 1. The molecule has 0 fully saturated rings. The molecule has 1 N–H and O–H groups in total. The summed E-state index contributed by atoms with van der Waals surface area (Å²) in [5.41, 5.74) is 0. The van der Waals surface area contributed by atoms with Gasteiger partial charge in [-0.3, -0.25) is 0 Å². The molecule has 3 heteroatoms. The fourth-order valence-electron chi connectivity index (χ4n) is 1.39. The van der Waals surface area contributed by atoms with Gasteiger partial charge in [0.2, 0.25) is 0 Å². The van der Waals surface area contributed by atoms with Crippen molar-refractivity contribution in [3.8, 4) is 0 Å². The normalized spacial score (nSPS) is 13.0. The van der Waals surface area contributed by atoms with Gasteiger partial charge in [-0.25, -0.2) is 0 Å². The molecular weight excluding hydrogens is 194 g/mol. The van der Waals surface area contributed by atoms with Gasteiger partial charge in [0.25, 0.3) is 0 Å². The van der Waals surface area contributed by atoms with Crippen molar-refractivity contribution >= 4 is 11.3 Å². The Morgan fingerprint density at radius 2 is 2.43 bits per heavy atom. The summed E-state index contributed by atoms with van der Waals surface area (Å²) in [6.07, 6.45) is 2.66. The highest BCUT2D eigenvalue weighted by molar-refractivity contribution is 7.09. The minimum Gasteiger partial charge on any atom is -0.371 e. The molecule has 14 heavy (non-hydrogen) atoms. The van der Waals surface area contributed by atoms with Gasteiger partial charge >= 0.3 is 0 Å². The second-order valence-corrected chi connectivity index (χ2v) is 4.39. The fourth-order valence-corrected chi connectivity index (χ4v) is 2.01. The van der Waals surface area contributed by atoms with Crippen molar-refractivity contribution in [1.29, 1.82) is 0 Å². The molecule has 0 aliphatic rings. The first-order chi connectivity index (χ1) is 6.86. The van der Waals surface area contributed by atoms with Crippen molar-refractivity contribution in [3.63, 3.8) is 0 Å². The van der Waals surface area contributed by atoms with E-state index in [4.69, 9.17) is 4.74 Å². The summed E-state index contributed by atoms with van der Waals surface area (Å²) >= 11 is 1.76. The van der Waals surface area contributed by atoms with E-state index in [9.17, 15) is 0 Å². The van der Waals surface area contributed by atoms with Crippen LogP contribution in [-0.2, 0) is 11.3 Å². The Morgan fingerprint density at radius 1 is 1.57 bits per heavy atom. The van der Waals surface area contributed by atoms with Gasteiger partial charge in [0.1, 0.15) is 0 Å². The average molecular weight is 213 g/mol. The predicted molar refractivity (Wildman–Crippen MR) is 61.7 cm³/mol. The smallest absolute Gasteiger partial charge is 0.0813 e. The van der Waals surface area contributed by atoms with E-state index in [2.05, 4.69) is 29.8 Å². The van der Waals surface area contributed by atoms with Crippen LogP contribution in [0.4, 0.5) is 0 Å². The van der Waals surface area contributed by atoms with Crippen molar-refractivity contribution in [2.45, 2.75) is 32.5 Å². The van der Waals surface area contributed by atoms with Crippen molar-refractivity contribution in [2.75, 3.05) is 13.6 Å². The molecule has 0 saturated heterocycles. The Balaban J connectivity index is 2.25. The predicted octanol–water partition coefficient (Wildman–Crippen LogP) is 2.65. The first-order valence-corrected chi connectivity index (χ1v) is 6.03. The maximum atomic E-state index is 5.82. The minimum atomic E-state index is 0.354. The SMILES string of the molecule is CCCC(CNC)OCc1cccs1. The van der Waals surface area contributed by atoms with Crippen LogP contribution in [0.15, 0.2) is 17.5 Å². The Kier molecular flexibility index (Phi) is 5.83. The summed E-state index contributed by atoms with van der Waals surface area (Å²) < 4.78 is 5.82. The van der Waals surface area contributed by atoms with Gasteiger partial charge in [-0.2, -0.15) is 0 Å². The van der Waals surface area contributed by atoms with Crippen LogP contribution in [-0.4, -0.2) is 19.7 Å². The summed E-state index contributed by atoms with van der Waals surface area (Å²) in [6.45, 7) is 3.89. The molecule has 1 aromatic rings. The zero-order chi connectivity index (χ0) is 10.2. The van der Waals surface area contributed by atoms with Crippen LogP contribution in [0.3, 0.4) is 0 Å². The highest BCUT2D eigenvalue weighted by Crippen LogP contribution is 2.12. The number of hydrogen-bond acceptors (Lipinski definition) is 3. The minimum absolute atomic E-state index is 0.354. The molecule has 0 spiro atoms. The van der Waals surface area contributed by atoms with Crippen molar-refractivity contribution in [2.24, 2.45) is 0 Å². The first-order valence-electron chi connectivity index (χ1n) is 5.15. The molecular formula is C11H19NOS. The van der Waals surface area contributed by atoms with E-state index < -0.39 is 0 Å². The van der Waals surface area contributed by atoms with Crippen LogP contribution in [0.5, 0.6) is 0 Å². The summed E-state index contributed by atoms with van der Waals surface area (Å²) in [7, 11) is 1.97. The average Bonchev–Trinajstić information content (AvgIpc) is 2.67. The summed E-state index contributed by atoms with van der Waals surface area (Å²) in [4.78, 5) is 1.31. The van der Waals surface area contributed by atoms with Crippen LogP contribution in [0.2, 0.25) is 0 Å². The van der Waals surface area contributed by atoms with Gasteiger partial charge in [-0.15, -0.1) is 11.3 Å². The van der Waals surface area contributed by atoms with E-state index in [1.54, 1.807) is 11.3 Å². The van der Waals surface area contributed by atoms with E-state index >= 15 is 0 Å². The summed E-state index contributed by atoms with van der Waals surface area (Å²) in [5.74, 6) is 0. The van der Waals surface area contributed by atoms with E-state index in [-0.39, 0.29) is 0 Å². The Hall–Kier alpha value is -0.380. The van der Waals surface area contributed by atoms with E-state index in [0.29, 0.717) is 6.10 Å². The topological polar surface area (TPSA) is 21.3 Å². The molecule has 1 rings (SSSR count). The van der Waals surface area contributed by atoms with Gasteiger partial charge in [-0.1, -0.05) is 19.4 Å². The van der Waals surface area contributed by atoms with Gasteiger partial charge in [0.15, 0.2) is 0 Å². The Labute approximate surface area is 90.3 Å². The molecule has 0 aliphatic heterocycles. The van der Waals surface area contributed by atoms with Crippen molar-refractivity contribution in [1.82, 2.24) is 5.32 Å². The molecule has 1 atom stereocenters. The maximum Gasteiger partial charge on any atom is 0.0813 e. The maximum absolute atomic E-state index is 5.82. The quantitative estimate of drug-likeness (QED) is 0.752. The molecule has 0 bridgehead atoms. The van der Waals surface area contributed by atoms with E-state index in [1.165, 1.54) is 11.3 Å². The second kappa shape index (κ2) is 6.98.